The number of ether oxygens (including phenoxy) is 2. The Morgan fingerprint density at radius 1 is 1.32 bits per heavy atom. The third kappa shape index (κ3) is 3.40. The highest BCUT2D eigenvalue weighted by Crippen LogP contribution is 2.35. The molecule has 0 unspecified atom stereocenters. The quantitative estimate of drug-likeness (QED) is 0.872. The van der Waals surface area contributed by atoms with Crippen molar-refractivity contribution in [1.29, 1.82) is 0 Å². The van der Waals surface area contributed by atoms with Crippen molar-refractivity contribution >= 4 is 34.0 Å². The summed E-state index contributed by atoms with van der Waals surface area (Å²) in [6.45, 7) is 1.27. The van der Waals surface area contributed by atoms with Gasteiger partial charge in [0.1, 0.15) is 18.2 Å². The Labute approximate surface area is 135 Å². The van der Waals surface area contributed by atoms with Gasteiger partial charge in [0.05, 0.1) is 13.0 Å². The van der Waals surface area contributed by atoms with Gasteiger partial charge in [-0.3, -0.25) is 4.79 Å². The molecule has 0 radical (unpaired) electrons. The van der Waals surface area contributed by atoms with Crippen LogP contribution >= 0.6 is 22.9 Å². The summed E-state index contributed by atoms with van der Waals surface area (Å²) in [7, 11) is 0. The topological polar surface area (TPSA) is 99.4 Å². The van der Waals surface area contributed by atoms with E-state index >= 15 is 0 Å². The van der Waals surface area contributed by atoms with Crippen molar-refractivity contribution in [3.8, 4) is 11.5 Å². The summed E-state index contributed by atoms with van der Waals surface area (Å²) in [5.74, 6) is 1.03. The number of carbonyl (C=O) groups is 1. The lowest BCUT2D eigenvalue weighted by Gasteiger charge is -2.19. The molecule has 1 aromatic heterocycles. The van der Waals surface area contributed by atoms with Crippen molar-refractivity contribution < 1.29 is 14.3 Å². The SMILES string of the molecule is Nc1nnc(CNC(=O)Cc2cc3c(cc2Cl)OCCO3)s1. The van der Waals surface area contributed by atoms with Gasteiger partial charge in [0.25, 0.3) is 0 Å². The number of fused-ring (bicyclic) bond motifs is 1. The van der Waals surface area contributed by atoms with E-state index in [1.165, 1.54) is 11.3 Å². The Kier molecular flexibility index (Phi) is 4.30. The lowest BCUT2D eigenvalue weighted by molar-refractivity contribution is -0.120. The molecular weight excluding hydrogens is 328 g/mol. The van der Waals surface area contributed by atoms with E-state index in [0.717, 1.165) is 0 Å². The maximum Gasteiger partial charge on any atom is 0.224 e. The highest BCUT2D eigenvalue weighted by molar-refractivity contribution is 7.15. The first kappa shape index (κ1) is 14.9. The number of amides is 1. The normalized spacial score (nSPS) is 13.0. The van der Waals surface area contributed by atoms with E-state index in [0.29, 0.717) is 45.4 Å². The van der Waals surface area contributed by atoms with Crippen LogP contribution in [-0.4, -0.2) is 29.3 Å². The number of halogens is 1. The molecule has 1 aromatic carbocycles. The van der Waals surface area contributed by atoms with Crippen LogP contribution in [0.4, 0.5) is 5.13 Å². The second-order valence-electron chi connectivity index (χ2n) is 4.57. The zero-order valence-electron chi connectivity index (χ0n) is 11.5. The first-order valence-corrected chi connectivity index (χ1v) is 7.74. The van der Waals surface area contributed by atoms with Gasteiger partial charge in [-0.25, -0.2) is 0 Å². The summed E-state index contributed by atoms with van der Waals surface area (Å²) in [6, 6.07) is 3.41. The van der Waals surface area contributed by atoms with Gasteiger partial charge in [-0.15, -0.1) is 10.2 Å². The van der Waals surface area contributed by atoms with Crippen LogP contribution in [0.5, 0.6) is 11.5 Å². The highest BCUT2D eigenvalue weighted by atomic mass is 35.5. The van der Waals surface area contributed by atoms with Gasteiger partial charge in [0.15, 0.2) is 11.5 Å². The van der Waals surface area contributed by atoms with Gasteiger partial charge in [-0.2, -0.15) is 0 Å². The molecule has 0 saturated heterocycles. The van der Waals surface area contributed by atoms with E-state index < -0.39 is 0 Å². The summed E-state index contributed by atoms with van der Waals surface area (Å²) in [5.41, 5.74) is 6.16. The molecule has 0 saturated carbocycles. The van der Waals surface area contributed by atoms with Gasteiger partial charge in [0, 0.05) is 11.1 Å². The maximum absolute atomic E-state index is 12.0. The van der Waals surface area contributed by atoms with Gasteiger partial charge in [-0.1, -0.05) is 22.9 Å². The molecule has 1 aliphatic heterocycles. The van der Waals surface area contributed by atoms with Crippen molar-refractivity contribution in [3.63, 3.8) is 0 Å². The Bertz CT molecular complexity index is 707. The van der Waals surface area contributed by atoms with Crippen molar-refractivity contribution in [1.82, 2.24) is 15.5 Å². The summed E-state index contributed by atoms with van der Waals surface area (Å²) >= 11 is 7.41. The Morgan fingerprint density at radius 3 is 2.73 bits per heavy atom. The molecule has 1 aliphatic rings. The number of hydrogen-bond acceptors (Lipinski definition) is 7. The number of nitrogens with one attached hydrogen (secondary N) is 1. The molecule has 0 atom stereocenters. The molecule has 2 aromatic rings. The van der Waals surface area contributed by atoms with Crippen molar-refractivity contribution in [3.05, 3.63) is 27.7 Å². The fraction of sp³-hybridized carbons (Fsp3) is 0.308. The predicted molar refractivity (Wildman–Crippen MR) is 82.3 cm³/mol. The minimum atomic E-state index is -0.174. The van der Waals surface area contributed by atoms with Crippen LogP contribution in [0.1, 0.15) is 10.6 Å². The Hall–Kier alpha value is -2.06. The molecule has 0 aliphatic carbocycles. The van der Waals surface area contributed by atoms with E-state index in [-0.39, 0.29) is 18.9 Å². The van der Waals surface area contributed by atoms with Crippen molar-refractivity contribution in [2.75, 3.05) is 18.9 Å². The maximum atomic E-state index is 12.0. The van der Waals surface area contributed by atoms with Gasteiger partial charge in [0.2, 0.25) is 11.0 Å². The van der Waals surface area contributed by atoms with Gasteiger partial charge in [-0.05, 0) is 11.6 Å². The van der Waals surface area contributed by atoms with Gasteiger partial charge < -0.3 is 20.5 Å². The molecule has 7 nitrogen and oxygen atoms in total. The second kappa shape index (κ2) is 6.37. The molecular formula is C13H13ClN4O3S. The van der Waals surface area contributed by atoms with E-state index in [1.807, 2.05) is 0 Å². The first-order chi connectivity index (χ1) is 10.6. The third-order valence-electron chi connectivity index (χ3n) is 2.98. The Balaban J connectivity index is 1.63. The lowest BCUT2D eigenvalue weighted by atomic mass is 10.1. The number of nitrogens with zero attached hydrogens (tertiary/aromatic N) is 2. The fourth-order valence-corrected chi connectivity index (χ4v) is 2.76. The molecule has 0 spiro atoms. The average molecular weight is 341 g/mol. The van der Waals surface area contributed by atoms with Crippen LogP contribution in [0.3, 0.4) is 0 Å². The van der Waals surface area contributed by atoms with Crippen LogP contribution in [-0.2, 0) is 17.8 Å². The number of rotatable bonds is 4. The lowest BCUT2D eigenvalue weighted by Crippen LogP contribution is -2.24. The van der Waals surface area contributed by atoms with E-state index in [4.69, 9.17) is 26.8 Å². The smallest absolute Gasteiger partial charge is 0.224 e. The number of hydrogen-bond donors (Lipinski definition) is 2. The fourth-order valence-electron chi connectivity index (χ4n) is 1.99. The molecule has 22 heavy (non-hydrogen) atoms. The first-order valence-electron chi connectivity index (χ1n) is 6.54. The van der Waals surface area contributed by atoms with Crippen molar-refractivity contribution in [2.24, 2.45) is 0 Å². The molecule has 3 rings (SSSR count). The molecule has 116 valence electrons. The number of nitrogen functional groups attached to an aromatic ring is 1. The standard InChI is InChI=1S/C13H13ClN4O3S/c14-8-5-10-9(20-1-2-21-10)3-7(8)4-11(19)16-6-12-17-18-13(15)22-12/h3,5H,1-2,4,6H2,(H2,15,18)(H,16,19). The summed E-state index contributed by atoms with van der Waals surface area (Å²) in [5, 5.41) is 11.8. The monoisotopic (exact) mass is 340 g/mol. The molecule has 0 fully saturated rings. The van der Waals surface area contributed by atoms with E-state index in [2.05, 4.69) is 15.5 Å². The summed E-state index contributed by atoms with van der Waals surface area (Å²) < 4.78 is 10.9. The Morgan fingerprint density at radius 2 is 2.05 bits per heavy atom. The highest BCUT2D eigenvalue weighted by Gasteiger charge is 2.16. The molecule has 2 heterocycles. The largest absolute Gasteiger partial charge is 0.486 e. The predicted octanol–water partition coefficient (Wildman–Crippen LogP) is 1.40. The van der Waals surface area contributed by atoms with Crippen molar-refractivity contribution in [2.45, 2.75) is 13.0 Å². The zero-order chi connectivity index (χ0) is 15.5. The van der Waals surface area contributed by atoms with Crippen LogP contribution in [0.25, 0.3) is 0 Å². The molecule has 9 heteroatoms. The molecule has 1 amide bonds. The summed E-state index contributed by atoms with van der Waals surface area (Å²) in [4.78, 5) is 12.0. The number of anilines is 1. The van der Waals surface area contributed by atoms with E-state index in [9.17, 15) is 4.79 Å². The molecule has 0 bridgehead atoms. The second-order valence-corrected chi connectivity index (χ2v) is 6.08. The average Bonchev–Trinajstić information content (AvgIpc) is 2.91. The number of nitrogens with two attached hydrogens (primary N) is 1. The molecule has 3 N–H and O–H groups in total. The van der Waals surface area contributed by atoms with Gasteiger partial charge >= 0.3 is 0 Å². The third-order valence-corrected chi connectivity index (χ3v) is 4.09. The van der Waals surface area contributed by atoms with Crippen LogP contribution < -0.4 is 20.5 Å². The van der Waals surface area contributed by atoms with E-state index in [1.54, 1.807) is 12.1 Å². The summed E-state index contributed by atoms with van der Waals surface area (Å²) in [6.07, 6.45) is 0.143. The minimum Gasteiger partial charge on any atom is -0.486 e. The number of carbonyl (C=O) groups excluding carboxylic acids is 1. The van der Waals surface area contributed by atoms with Crippen LogP contribution in [0.15, 0.2) is 12.1 Å². The van der Waals surface area contributed by atoms with Crippen LogP contribution in [0.2, 0.25) is 5.02 Å². The minimum absolute atomic E-state index is 0.143. The zero-order valence-corrected chi connectivity index (χ0v) is 13.0. The number of aromatic nitrogens is 2. The van der Waals surface area contributed by atoms with Crippen LogP contribution in [0, 0.1) is 0 Å². The number of benzene rings is 1.